The molecule has 2 N–H and O–H groups in total. The highest BCUT2D eigenvalue weighted by Gasteiger charge is 2.22. The Labute approximate surface area is 216 Å². The van der Waals surface area contributed by atoms with Gasteiger partial charge in [0.15, 0.2) is 0 Å². The number of thiophene rings is 1. The predicted octanol–water partition coefficient (Wildman–Crippen LogP) is 7.74. The highest BCUT2D eigenvalue weighted by atomic mass is 35.5. The molecule has 0 unspecified atom stereocenters. The van der Waals surface area contributed by atoms with E-state index in [0.29, 0.717) is 31.3 Å². The molecule has 0 aliphatic rings. The van der Waals surface area contributed by atoms with Gasteiger partial charge in [0.25, 0.3) is 11.8 Å². The van der Waals surface area contributed by atoms with E-state index in [1.54, 1.807) is 36.4 Å². The molecule has 0 saturated carbocycles. The molecule has 1 aromatic heterocycles. The van der Waals surface area contributed by atoms with Crippen LogP contribution in [0.25, 0.3) is 10.1 Å². The Balaban J connectivity index is 1.65. The fourth-order valence-corrected chi connectivity index (χ4v) is 5.40. The summed E-state index contributed by atoms with van der Waals surface area (Å²) in [7, 11) is 3.92. The molecular formula is C25H20Cl3N3O2S. The molecule has 0 spiro atoms. The molecule has 9 heteroatoms. The highest BCUT2D eigenvalue weighted by molar-refractivity contribution is 7.21. The van der Waals surface area contributed by atoms with Gasteiger partial charge in [0.2, 0.25) is 0 Å². The van der Waals surface area contributed by atoms with Gasteiger partial charge >= 0.3 is 0 Å². The number of halogens is 3. The molecule has 5 nitrogen and oxygen atoms in total. The molecule has 0 bridgehead atoms. The summed E-state index contributed by atoms with van der Waals surface area (Å²) in [6.45, 7) is 1.97. The standard InChI is InChI=1S/C25H20Cl3N3O2S/c1-13-10-17(31(2)3)12-20-21(13)22(28)23(34-20)25(33)30-19-9-6-15(27)11-18(19)24(32)29-16-7-4-14(26)5-8-16/h4-12H,1-3H3,(H,29,32)(H,30,33). The molecule has 1 heterocycles. The fourth-order valence-electron chi connectivity index (χ4n) is 3.49. The molecule has 0 aliphatic heterocycles. The van der Waals surface area contributed by atoms with E-state index in [-0.39, 0.29) is 5.56 Å². The number of anilines is 3. The number of hydrogen-bond donors (Lipinski definition) is 2. The number of carbonyl (C=O) groups is 2. The van der Waals surface area contributed by atoms with Gasteiger partial charge in [-0.15, -0.1) is 11.3 Å². The maximum Gasteiger partial charge on any atom is 0.267 e. The Hall–Kier alpha value is -2.77. The van der Waals surface area contributed by atoms with Crippen molar-refractivity contribution >= 4 is 85.1 Å². The monoisotopic (exact) mass is 531 g/mol. The normalized spacial score (nSPS) is 10.9. The molecule has 4 rings (SSSR count). The van der Waals surface area contributed by atoms with Crippen molar-refractivity contribution in [2.24, 2.45) is 0 Å². The van der Waals surface area contributed by atoms with E-state index in [0.717, 1.165) is 21.3 Å². The van der Waals surface area contributed by atoms with Crippen molar-refractivity contribution in [1.82, 2.24) is 0 Å². The minimum atomic E-state index is -0.422. The van der Waals surface area contributed by atoms with Gasteiger partial charge in [-0.05, 0) is 67.1 Å². The van der Waals surface area contributed by atoms with Gasteiger partial charge in [-0.2, -0.15) is 0 Å². The lowest BCUT2D eigenvalue weighted by molar-refractivity contribution is 0.102. The van der Waals surface area contributed by atoms with E-state index in [2.05, 4.69) is 10.6 Å². The lowest BCUT2D eigenvalue weighted by Gasteiger charge is -2.13. The molecule has 0 radical (unpaired) electrons. The molecule has 2 amide bonds. The van der Waals surface area contributed by atoms with Gasteiger partial charge < -0.3 is 15.5 Å². The van der Waals surface area contributed by atoms with Crippen molar-refractivity contribution in [1.29, 1.82) is 0 Å². The molecular weight excluding hydrogens is 513 g/mol. The number of amides is 2. The first-order valence-electron chi connectivity index (χ1n) is 10.2. The number of aryl methyl sites for hydroxylation is 1. The third-order valence-corrected chi connectivity index (χ3v) is 7.33. The van der Waals surface area contributed by atoms with Crippen molar-refractivity contribution < 1.29 is 9.59 Å². The van der Waals surface area contributed by atoms with E-state index in [4.69, 9.17) is 34.8 Å². The smallest absolute Gasteiger partial charge is 0.267 e. The maximum atomic E-state index is 13.2. The number of fused-ring (bicyclic) bond motifs is 1. The summed E-state index contributed by atoms with van der Waals surface area (Å²) in [5.74, 6) is -0.825. The lowest BCUT2D eigenvalue weighted by atomic mass is 10.1. The van der Waals surface area contributed by atoms with Crippen LogP contribution >= 0.6 is 46.1 Å². The molecule has 34 heavy (non-hydrogen) atoms. The van der Waals surface area contributed by atoms with Crippen molar-refractivity contribution in [2.75, 3.05) is 29.6 Å². The zero-order valence-electron chi connectivity index (χ0n) is 18.5. The zero-order chi connectivity index (χ0) is 24.6. The van der Waals surface area contributed by atoms with Crippen LogP contribution in [0.1, 0.15) is 25.6 Å². The number of nitrogens with one attached hydrogen (secondary N) is 2. The number of hydrogen-bond acceptors (Lipinski definition) is 4. The summed E-state index contributed by atoms with van der Waals surface area (Å²) >= 11 is 20.0. The largest absolute Gasteiger partial charge is 0.378 e. The van der Waals surface area contributed by atoms with Crippen molar-refractivity contribution in [3.05, 3.63) is 85.7 Å². The van der Waals surface area contributed by atoms with Crippen molar-refractivity contribution in [3.8, 4) is 0 Å². The van der Waals surface area contributed by atoms with Gasteiger partial charge in [0, 0.05) is 45.6 Å². The second kappa shape index (κ2) is 9.84. The number of benzene rings is 3. The first-order valence-corrected chi connectivity index (χ1v) is 12.2. The van der Waals surface area contributed by atoms with Crippen LogP contribution in [0.5, 0.6) is 0 Å². The minimum Gasteiger partial charge on any atom is -0.378 e. The van der Waals surface area contributed by atoms with Crippen LogP contribution in [0.2, 0.25) is 15.1 Å². The zero-order valence-corrected chi connectivity index (χ0v) is 21.6. The molecule has 174 valence electrons. The molecule has 4 aromatic rings. The molecule has 0 aliphatic carbocycles. The van der Waals surface area contributed by atoms with Gasteiger partial charge in [0.05, 0.1) is 16.3 Å². The van der Waals surface area contributed by atoms with Gasteiger partial charge in [-0.25, -0.2) is 0 Å². The first-order chi connectivity index (χ1) is 16.1. The van der Waals surface area contributed by atoms with E-state index < -0.39 is 11.8 Å². The first kappa shape index (κ1) is 24.4. The Morgan fingerprint density at radius 3 is 2.21 bits per heavy atom. The summed E-state index contributed by atoms with van der Waals surface area (Å²) < 4.78 is 0.913. The average molecular weight is 533 g/mol. The van der Waals surface area contributed by atoms with Gasteiger partial charge in [0.1, 0.15) is 4.88 Å². The van der Waals surface area contributed by atoms with Crippen LogP contribution in [0, 0.1) is 6.92 Å². The van der Waals surface area contributed by atoms with E-state index in [1.165, 1.54) is 17.4 Å². The highest BCUT2D eigenvalue weighted by Crippen LogP contribution is 2.40. The summed E-state index contributed by atoms with van der Waals surface area (Å²) in [4.78, 5) is 28.5. The second-order valence-electron chi connectivity index (χ2n) is 7.88. The molecule has 0 saturated heterocycles. The van der Waals surface area contributed by atoms with Crippen LogP contribution in [-0.4, -0.2) is 25.9 Å². The van der Waals surface area contributed by atoms with E-state index >= 15 is 0 Å². The van der Waals surface area contributed by atoms with Gasteiger partial charge in [-0.3, -0.25) is 9.59 Å². The molecule has 0 fully saturated rings. The van der Waals surface area contributed by atoms with Crippen LogP contribution in [0.4, 0.5) is 17.1 Å². The average Bonchev–Trinajstić information content (AvgIpc) is 3.13. The summed E-state index contributed by atoms with van der Waals surface area (Å²) in [6, 6.07) is 15.4. The second-order valence-corrected chi connectivity index (χ2v) is 10.2. The van der Waals surface area contributed by atoms with E-state index in [9.17, 15) is 9.59 Å². The quantitative estimate of drug-likeness (QED) is 0.276. The number of carbonyl (C=O) groups excluding carboxylic acids is 2. The van der Waals surface area contributed by atoms with Gasteiger partial charge in [-0.1, -0.05) is 34.8 Å². The Morgan fingerprint density at radius 2 is 1.53 bits per heavy atom. The maximum absolute atomic E-state index is 13.2. The minimum absolute atomic E-state index is 0.221. The number of nitrogens with zero attached hydrogens (tertiary/aromatic N) is 1. The Morgan fingerprint density at radius 1 is 0.853 bits per heavy atom. The third kappa shape index (κ3) is 5.00. The summed E-state index contributed by atoms with van der Waals surface area (Å²) in [5.41, 5.74) is 3.11. The molecule has 3 aromatic carbocycles. The molecule has 0 atom stereocenters. The van der Waals surface area contributed by atoms with Crippen LogP contribution in [0.3, 0.4) is 0 Å². The van der Waals surface area contributed by atoms with Crippen LogP contribution in [-0.2, 0) is 0 Å². The van der Waals surface area contributed by atoms with Crippen LogP contribution in [0.15, 0.2) is 54.6 Å². The van der Waals surface area contributed by atoms with E-state index in [1.807, 2.05) is 38.1 Å². The SMILES string of the molecule is Cc1cc(N(C)C)cc2sc(C(=O)Nc3ccc(Cl)cc3C(=O)Nc3ccc(Cl)cc3)c(Cl)c12. The number of rotatable bonds is 5. The van der Waals surface area contributed by atoms with Crippen molar-refractivity contribution in [3.63, 3.8) is 0 Å². The Bertz CT molecular complexity index is 1420. The fraction of sp³-hybridized carbons (Fsp3) is 0.120. The summed E-state index contributed by atoms with van der Waals surface area (Å²) in [6.07, 6.45) is 0. The predicted molar refractivity (Wildman–Crippen MR) is 145 cm³/mol. The Kier molecular flexibility index (Phi) is 7.05. The lowest BCUT2D eigenvalue weighted by Crippen LogP contribution is -2.18. The third-order valence-electron chi connectivity index (χ3n) is 5.21. The topological polar surface area (TPSA) is 61.4 Å². The van der Waals surface area contributed by atoms with Crippen molar-refractivity contribution in [2.45, 2.75) is 6.92 Å². The van der Waals surface area contributed by atoms with Crippen LogP contribution < -0.4 is 15.5 Å². The summed E-state index contributed by atoms with van der Waals surface area (Å²) in [5, 5.41) is 7.77.